The molecule has 1 atom stereocenters. The van der Waals surface area contributed by atoms with Gasteiger partial charge in [0.05, 0.1) is 11.1 Å². The summed E-state index contributed by atoms with van der Waals surface area (Å²) < 4.78 is 6.60. The summed E-state index contributed by atoms with van der Waals surface area (Å²) in [6.07, 6.45) is 0. The number of nitrogens with zero attached hydrogens (tertiary/aromatic N) is 1. The third kappa shape index (κ3) is 5.25. The van der Waals surface area contributed by atoms with Crippen molar-refractivity contribution >= 4 is 39.0 Å². The Labute approximate surface area is 366 Å². The van der Waals surface area contributed by atoms with Crippen molar-refractivity contribution in [3.05, 3.63) is 259 Å². The minimum Gasteiger partial charge on any atom is -0.455 e. The van der Waals surface area contributed by atoms with Gasteiger partial charge in [-0.2, -0.15) is 0 Å². The predicted octanol–water partition coefficient (Wildman–Crippen LogP) is 16.4. The molecule has 10 aromatic carbocycles. The highest BCUT2D eigenvalue weighted by Crippen LogP contribution is 2.65. The maximum atomic E-state index is 6.60. The maximum Gasteiger partial charge on any atom is 0.143 e. The van der Waals surface area contributed by atoms with Crippen LogP contribution in [0.5, 0.6) is 0 Å². The molecule has 0 fully saturated rings. The minimum absolute atomic E-state index is 0.514. The van der Waals surface area contributed by atoms with Crippen LogP contribution in [0.15, 0.2) is 241 Å². The monoisotopic (exact) mass is 801 g/mol. The highest BCUT2D eigenvalue weighted by atomic mass is 16.3. The molecule has 2 aliphatic rings. The van der Waals surface area contributed by atoms with Crippen molar-refractivity contribution in [1.29, 1.82) is 0 Å². The summed E-state index contributed by atoms with van der Waals surface area (Å²) in [6, 6.07) is 86.5. The zero-order chi connectivity index (χ0) is 41.5. The van der Waals surface area contributed by atoms with E-state index in [0.717, 1.165) is 50.1 Å². The van der Waals surface area contributed by atoms with Gasteiger partial charge in [-0.05, 0) is 109 Å². The number of fused-ring (bicyclic) bond motifs is 13. The third-order valence-electron chi connectivity index (χ3n) is 13.5. The largest absolute Gasteiger partial charge is 0.455 e. The first-order valence-electron chi connectivity index (χ1n) is 21.8. The van der Waals surface area contributed by atoms with Gasteiger partial charge in [0, 0.05) is 33.3 Å². The Morgan fingerprint density at radius 1 is 0.317 bits per heavy atom. The quantitative estimate of drug-likeness (QED) is 0.167. The number of anilines is 3. The van der Waals surface area contributed by atoms with Gasteiger partial charge in [0.25, 0.3) is 0 Å². The van der Waals surface area contributed by atoms with Gasteiger partial charge in [0.1, 0.15) is 11.2 Å². The molecule has 0 aliphatic heterocycles. The fourth-order valence-electron chi connectivity index (χ4n) is 10.8. The van der Waals surface area contributed by atoms with Gasteiger partial charge in [-0.25, -0.2) is 0 Å². The molecule has 13 rings (SSSR count). The van der Waals surface area contributed by atoms with Crippen LogP contribution in [-0.4, -0.2) is 0 Å². The lowest BCUT2D eigenvalue weighted by Gasteiger charge is -2.32. The standard InChI is InChI=1S/C61H39NO/c1-3-16-40(17-4-1)42-32-35-45(36-33-42)62(46-21-13-20-44(38-46)47-25-14-26-51-50-23-9-12-31-58(50)63-60(47)51)57-30-15-29-55-59(57)52-24-8-11-28-54(52)61(55)53-27-10-7-22-48(53)49-37-34-43(39-56(49)61)41-18-5-2-6-19-41/h1-39H. The van der Waals surface area contributed by atoms with E-state index in [1.807, 2.05) is 6.07 Å². The van der Waals surface area contributed by atoms with Gasteiger partial charge in [-0.3, -0.25) is 0 Å². The molecule has 0 radical (unpaired) electrons. The molecule has 0 bridgehead atoms. The Morgan fingerprint density at radius 3 is 1.68 bits per heavy atom. The second kappa shape index (κ2) is 13.9. The second-order valence-corrected chi connectivity index (χ2v) is 16.7. The highest BCUT2D eigenvalue weighted by molar-refractivity contribution is 6.10. The minimum atomic E-state index is -0.514. The molecule has 2 aliphatic carbocycles. The van der Waals surface area contributed by atoms with Gasteiger partial charge in [0.15, 0.2) is 0 Å². The van der Waals surface area contributed by atoms with Crippen LogP contribution in [0.1, 0.15) is 22.3 Å². The first-order valence-corrected chi connectivity index (χ1v) is 21.8. The van der Waals surface area contributed by atoms with E-state index in [1.54, 1.807) is 0 Å². The van der Waals surface area contributed by atoms with Gasteiger partial charge in [0.2, 0.25) is 0 Å². The average Bonchev–Trinajstić information content (AvgIpc) is 3.99. The van der Waals surface area contributed by atoms with Crippen molar-refractivity contribution in [3.8, 4) is 55.6 Å². The molecule has 1 heterocycles. The molecule has 0 N–H and O–H groups in total. The molecule has 11 aromatic rings. The van der Waals surface area contributed by atoms with Crippen molar-refractivity contribution < 1.29 is 4.42 Å². The topological polar surface area (TPSA) is 16.4 Å². The SMILES string of the molecule is c1ccc(-c2ccc(N(c3cccc(-c4cccc5c4oc4ccccc45)c3)c3cccc4c3-c3ccccc3C43c4ccccc4-c4ccc(-c5ccccc5)cc43)cc2)cc1. The van der Waals surface area contributed by atoms with Crippen LogP contribution in [0.2, 0.25) is 0 Å². The lowest BCUT2D eigenvalue weighted by atomic mass is 9.70. The molecule has 2 heteroatoms. The normalized spacial score (nSPS) is 14.4. The molecule has 0 saturated carbocycles. The van der Waals surface area contributed by atoms with E-state index in [-0.39, 0.29) is 0 Å². The third-order valence-corrected chi connectivity index (χ3v) is 13.5. The van der Waals surface area contributed by atoms with Gasteiger partial charge in [-0.1, -0.05) is 194 Å². The Bertz CT molecular complexity index is 3570. The van der Waals surface area contributed by atoms with E-state index in [0.29, 0.717) is 0 Å². The van der Waals surface area contributed by atoms with E-state index >= 15 is 0 Å². The molecule has 1 unspecified atom stereocenters. The van der Waals surface area contributed by atoms with Crippen LogP contribution in [0, 0.1) is 0 Å². The zero-order valence-electron chi connectivity index (χ0n) is 34.4. The molecule has 1 spiro atoms. The highest BCUT2D eigenvalue weighted by Gasteiger charge is 2.52. The van der Waals surface area contributed by atoms with Gasteiger partial charge < -0.3 is 9.32 Å². The summed E-state index contributed by atoms with van der Waals surface area (Å²) >= 11 is 0. The van der Waals surface area contributed by atoms with E-state index < -0.39 is 5.41 Å². The van der Waals surface area contributed by atoms with E-state index in [4.69, 9.17) is 4.42 Å². The number of rotatable bonds is 6. The second-order valence-electron chi connectivity index (χ2n) is 16.7. The van der Waals surface area contributed by atoms with Crippen molar-refractivity contribution in [3.63, 3.8) is 0 Å². The van der Waals surface area contributed by atoms with Crippen molar-refractivity contribution in [1.82, 2.24) is 0 Å². The van der Waals surface area contributed by atoms with E-state index in [1.165, 1.54) is 66.8 Å². The van der Waals surface area contributed by atoms with Crippen LogP contribution >= 0.6 is 0 Å². The molecule has 294 valence electrons. The summed E-state index contributed by atoms with van der Waals surface area (Å²) in [5.74, 6) is 0. The number of para-hydroxylation sites is 2. The molecule has 1 aromatic heterocycles. The summed E-state index contributed by atoms with van der Waals surface area (Å²) in [6.45, 7) is 0. The van der Waals surface area contributed by atoms with Crippen LogP contribution in [0.4, 0.5) is 17.1 Å². The summed E-state index contributed by atoms with van der Waals surface area (Å²) in [7, 11) is 0. The summed E-state index contributed by atoms with van der Waals surface area (Å²) in [5.41, 5.74) is 21.9. The van der Waals surface area contributed by atoms with Crippen molar-refractivity contribution in [2.24, 2.45) is 0 Å². The summed E-state index contributed by atoms with van der Waals surface area (Å²) in [4.78, 5) is 2.47. The molecule has 2 nitrogen and oxygen atoms in total. The van der Waals surface area contributed by atoms with Crippen molar-refractivity contribution in [2.75, 3.05) is 4.90 Å². The lowest BCUT2D eigenvalue weighted by Crippen LogP contribution is -2.26. The fraction of sp³-hybridized carbons (Fsp3) is 0.0164. The van der Waals surface area contributed by atoms with Crippen LogP contribution in [0.3, 0.4) is 0 Å². The maximum absolute atomic E-state index is 6.60. The van der Waals surface area contributed by atoms with E-state index in [9.17, 15) is 0 Å². The van der Waals surface area contributed by atoms with Crippen LogP contribution < -0.4 is 4.90 Å². The smallest absolute Gasteiger partial charge is 0.143 e. The molecule has 0 saturated heterocycles. The number of hydrogen-bond donors (Lipinski definition) is 0. The van der Waals surface area contributed by atoms with Crippen molar-refractivity contribution in [2.45, 2.75) is 5.41 Å². The van der Waals surface area contributed by atoms with Crippen LogP contribution in [0.25, 0.3) is 77.6 Å². The number of furan rings is 1. The first kappa shape index (κ1) is 35.5. The Kier molecular flexibility index (Phi) is 7.85. The Hall–Kier alpha value is -8.20. The first-order chi connectivity index (χ1) is 31.3. The molecule has 0 amide bonds. The lowest BCUT2D eigenvalue weighted by molar-refractivity contribution is 0.670. The van der Waals surface area contributed by atoms with Gasteiger partial charge in [-0.15, -0.1) is 0 Å². The fourth-order valence-corrected chi connectivity index (χ4v) is 10.8. The Balaban J connectivity index is 1.06. The van der Waals surface area contributed by atoms with Crippen LogP contribution in [-0.2, 0) is 5.41 Å². The molecular formula is C61H39NO. The Morgan fingerprint density at radius 2 is 0.873 bits per heavy atom. The molecule has 63 heavy (non-hydrogen) atoms. The molecular weight excluding hydrogens is 763 g/mol. The average molecular weight is 802 g/mol. The van der Waals surface area contributed by atoms with E-state index in [2.05, 4.69) is 235 Å². The van der Waals surface area contributed by atoms with Gasteiger partial charge >= 0.3 is 0 Å². The number of hydrogen-bond acceptors (Lipinski definition) is 2. The number of benzene rings is 10. The zero-order valence-corrected chi connectivity index (χ0v) is 34.4. The predicted molar refractivity (Wildman–Crippen MR) is 261 cm³/mol. The summed E-state index contributed by atoms with van der Waals surface area (Å²) in [5, 5.41) is 2.25.